The third kappa shape index (κ3) is 6.41. The van der Waals surface area contributed by atoms with Crippen molar-refractivity contribution in [3.63, 3.8) is 0 Å². The molecule has 0 N–H and O–H groups in total. The Hall–Kier alpha value is -3.21. The van der Waals surface area contributed by atoms with Crippen LogP contribution in [-0.4, -0.2) is 57.4 Å². The van der Waals surface area contributed by atoms with Gasteiger partial charge < -0.3 is 18.9 Å². The highest BCUT2D eigenvalue weighted by Gasteiger charge is 2.48. The van der Waals surface area contributed by atoms with Gasteiger partial charge in [0, 0.05) is 44.0 Å². The molecule has 0 saturated carbocycles. The maximum Gasteiger partial charge on any atom is 0.303 e. The Balaban J connectivity index is 1.85. The number of aromatic nitrogens is 2. The van der Waals surface area contributed by atoms with Crippen molar-refractivity contribution < 1.29 is 37.7 Å². The van der Waals surface area contributed by atoms with Gasteiger partial charge in [-0.3, -0.25) is 19.4 Å². The first-order chi connectivity index (χ1) is 15.6. The van der Waals surface area contributed by atoms with E-state index in [1.807, 2.05) is 6.92 Å². The maximum absolute atomic E-state index is 14.8. The van der Waals surface area contributed by atoms with Crippen LogP contribution < -0.4 is 4.74 Å². The molecule has 3 rings (SSSR count). The molecule has 0 spiro atoms. The summed E-state index contributed by atoms with van der Waals surface area (Å²) in [6.07, 6.45) is -1.57. The molecule has 3 heterocycles. The minimum Gasteiger partial charge on any atom is -0.471 e. The fraction of sp³-hybridized carbons (Fsp3) is 0.409. The van der Waals surface area contributed by atoms with Crippen molar-refractivity contribution in [1.29, 1.82) is 0 Å². The predicted molar refractivity (Wildman–Crippen MR) is 116 cm³/mol. The van der Waals surface area contributed by atoms with Gasteiger partial charge in [0.05, 0.1) is 5.69 Å². The molecule has 2 aromatic rings. The molecule has 4 atom stereocenters. The number of rotatable bonds is 6. The second-order valence-electron chi connectivity index (χ2n) is 7.29. The number of hydrogen-bond acceptors (Lipinski definition) is 10. The van der Waals surface area contributed by atoms with Crippen molar-refractivity contribution >= 4 is 29.7 Å². The highest BCUT2D eigenvalue weighted by Crippen LogP contribution is 2.35. The van der Waals surface area contributed by atoms with Gasteiger partial charge in [-0.1, -0.05) is 0 Å². The monoisotopic (exact) mass is 478 g/mol. The minimum absolute atomic E-state index is 0.169. The second-order valence-corrected chi connectivity index (χ2v) is 8.42. The van der Waals surface area contributed by atoms with Crippen LogP contribution in [0, 0.1) is 12.9 Å². The normalized spacial score (nSPS) is 22.2. The third-order valence-corrected chi connectivity index (χ3v) is 5.78. The zero-order valence-corrected chi connectivity index (χ0v) is 19.3. The molecule has 176 valence electrons. The zero-order chi connectivity index (χ0) is 24.1. The van der Waals surface area contributed by atoms with E-state index in [-0.39, 0.29) is 11.5 Å². The van der Waals surface area contributed by atoms with Crippen LogP contribution in [0.3, 0.4) is 0 Å². The smallest absolute Gasteiger partial charge is 0.303 e. The SMILES string of the molecule is CC(=O)O[C@@H]1[C@@H](OC(C)=O)[C@@H](Oc2ccc(-c3ccc(C)nc3)nc2F)SC[C@H]1OC(C)=O. The number of ether oxygens (including phenoxy) is 4. The molecule has 1 saturated heterocycles. The quantitative estimate of drug-likeness (QED) is 0.349. The number of hydrogen-bond donors (Lipinski definition) is 0. The summed E-state index contributed by atoms with van der Waals surface area (Å²) in [4.78, 5) is 43.0. The lowest BCUT2D eigenvalue weighted by Crippen LogP contribution is -2.55. The van der Waals surface area contributed by atoms with Gasteiger partial charge in [0.2, 0.25) is 0 Å². The van der Waals surface area contributed by atoms with Gasteiger partial charge >= 0.3 is 17.9 Å². The first-order valence-corrected chi connectivity index (χ1v) is 11.1. The Morgan fingerprint density at radius 3 is 2.21 bits per heavy atom. The summed E-state index contributed by atoms with van der Waals surface area (Å²) in [6.45, 7) is 5.40. The highest BCUT2D eigenvalue weighted by atomic mass is 32.2. The lowest BCUT2D eigenvalue weighted by Gasteiger charge is -2.39. The van der Waals surface area contributed by atoms with E-state index < -0.39 is 47.6 Å². The summed E-state index contributed by atoms with van der Waals surface area (Å²) in [5.41, 5.74) is 0.871. The molecule has 0 radical (unpaired) electrons. The minimum atomic E-state index is -1.16. The Morgan fingerprint density at radius 2 is 1.64 bits per heavy atom. The summed E-state index contributed by atoms with van der Waals surface area (Å²) in [7, 11) is 0. The first-order valence-electron chi connectivity index (χ1n) is 10.0. The molecule has 1 fully saturated rings. The van der Waals surface area contributed by atoms with Crippen molar-refractivity contribution in [2.45, 2.75) is 51.4 Å². The van der Waals surface area contributed by atoms with E-state index in [0.29, 0.717) is 11.3 Å². The van der Waals surface area contributed by atoms with Crippen LogP contribution in [-0.2, 0) is 28.6 Å². The number of thioether (sulfide) groups is 1. The molecule has 0 aliphatic carbocycles. The van der Waals surface area contributed by atoms with Gasteiger partial charge in [0.1, 0.15) is 0 Å². The summed E-state index contributed by atoms with van der Waals surface area (Å²) < 4.78 is 36.4. The lowest BCUT2D eigenvalue weighted by atomic mass is 10.1. The standard InChI is InChI=1S/C22H23FN2O7S/c1-11-5-6-15(9-24-11)16-7-8-17(21(23)25-16)32-22-20(31-14(4)28)19(30-13(3)27)18(10-33-22)29-12(2)26/h5-9,18-20,22H,10H2,1-4H3/t18-,19+,20-,22+/m1/s1. The van der Waals surface area contributed by atoms with Crippen LogP contribution in [0.15, 0.2) is 30.5 Å². The van der Waals surface area contributed by atoms with Crippen LogP contribution in [0.5, 0.6) is 5.75 Å². The number of nitrogens with zero attached hydrogens (tertiary/aromatic N) is 2. The molecular formula is C22H23FN2O7S. The third-order valence-electron chi connectivity index (χ3n) is 4.57. The Kier molecular flexibility index (Phi) is 7.85. The topological polar surface area (TPSA) is 114 Å². The van der Waals surface area contributed by atoms with E-state index in [1.165, 1.54) is 26.8 Å². The number of carbonyl (C=O) groups is 3. The number of aryl methyl sites for hydroxylation is 1. The van der Waals surface area contributed by atoms with Crippen molar-refractivity contribution in [3.05, 3.63) is 42.1 Å². The fourth-order valence-electron chi connectivity index (χ4n) is 3.22. The van der Waals surface area contributed by atoms with Crippen LogP contribution >= 0.6 is 11.8 Å². The molecule has 0 unspecified atom stereocenters. The van der Waals surface area contributed by atoms with Gasteiger partial charge in [0.25, 0.3) is 5.95 Å². The van der Waals surface area contributed by atoms with Gasteiger partial charge in [-0.05, 0) is 31.2 Å². The first kappa shape index (κ1) is 24.4. The molecule has 0 aromatic carbocycles. The molecule has 0 amide bonds. The zero-order valence-electron chi connectivity index (χ0n) is 18.4. The molecule has 33 heavy (non-hydrogen) atoms. The molecule has 0 bridgehead atoms. The van der Waals surface area contributed by atoms with Crippen molar-refractivity contribution in [3.8, 4) is 17.0 Å². The number of pyridine rings is 2. The van der Waals surface area contributed by atoms with Gasteiger partial charge in [-0.2, -0.15) is 4.39 Å². The van der Waals surface area contributed by atoms with Crippen LogP contribution in [0.4, 0.5) is 4.39 Å². The molecule has 11 heteroatoms. The predicted octanol–water partition coefficient (Wildman–Crippen LogP) is 2.84. The van der Waals surface area contributed by atoms with Crippen LogP contribution in [0.1, 0.15) is 26.5 Å². The summed E-state index contributed by atoms with van der Waals surface area (Å²) in [6, 6.07) is 6.54. The van der Waals surface area contributed by atoms with Gasteiger partial charge in [0.15, 0.2) is 29.5 Å². The average molecular weight is 478 g/mol. The molecule has 2 aromatic heterocycles. The number of carbonyl (C=O) groups excluding carboxylic acids is 3. The van der Waals surface area contributed by atoms with Gasteiger partial charge in [-0.25, -0.2) is 4.98 Å². The lowest BCUT2D eigenvalue weighted by molar-refractivity contribution is -0.186. The van der Waals surface area contributed by atoms with Gasteiger partial charge in [-0.15, -0.1) is 11.8 Å². The molecule has 1 aliphatic heterocycles. The Morgan fingerprint density at radius 1 is 0.970 bits per heavy atom. The van der Waals surface area contributed by atoms with E-state index >= 15 is 0 Å². The van der Waals surface area contributed by atoms with E-state index in [2.05, 4.69) is 9.97 Å². The van der Waals surface area contributed by atoms with E-state index in [9.17, 15) is 18.8 Å². The Bertz CT molecular complexity index is 1030. The van der Waals surface area contributed by atoms with Crippen molar-refractivity contribution in [2.75, 3.05) is 5.75 Å². The number of halogens is 1. The summed E-state index contributed by atoms with van der Waals surface area (Å²) in [5, 5.41) is 0. The highest BCUT2D eigenvalue weighted by molar-refractivity contribution is 7.99. The molecular weight excluding hydrogens is 455 g/mol. The summed E-state index contributed by atoms with van der Waals surface area (Å²) >= 11 is 1.13. The second kappa shape index (κ2) is 10.6. The molecule has 9 nitrogen and oxygen atoms in total. The van der Waals surface area contributed by atoms with E-state index in [0.717, 1.165) is 17.5 Å². The van der Waals surface area contributed by atoms with Crippen molar-refractivity contribution in [2.24, 2.45) is 0 Å². The van der Waals surface area contributed by atoms with Crippen LogP contribution in [0.25, 0.3) is 11.3 Å². The largest absolute Gasteiger partial charge is 0.471 e. The van der Waals surface area contributed by atoms with Crippen molar-refractivity contribution in [1.82, 2.24) is 9.97 Å². The Labute approximate surface area is 194 Å². The van der Waals surface area contributed by atoms with E-state index in [1.54, 1.807) is 24.4 Å². The molecule has 1 aliphatic rings. The average Bonchev–Trinajstić information content (AvgIpc) is 2.73. The number of esters is 3. The van der Waals surface area contributed by atoms with Crippen LogP contribution in [0.2, 0.25) is 0 Å². The maximum atomic E-state index is 14.8. The fourth-order valence-corrected chi connectivity index (χ4v) is 4.43. The summed E-state index contributed by atoms with van der Waals surface area (Å²) in [5.74, 6) is -2.81. The van der Waals surface area contributed by atoms with E-state index in [4.69, 9.17) is 18.9 Å².